The second-order valence-corrected chi connectivity index (χ2v) is 6.91. The van der Waals surface area contributed by atoms with Crippen molar-refractivity contribution in [1.82, 2.24) is 0 Å². The monoisotopic (exact) mass is 430 g/mol. The van der Waals surface area contributed by atoms with E-state index < -0.39 is 24.0 Å². The van der Waals surface area contributed by atoms with Crippen molar-refractivity contribution in [3.05, 3.63) is 59.7 Å². The van der Waals surface area contributed by atoms with Gasteiger partial charge in [0.05, 0.1) is 26.4 Å². The largest absolute Gasteiger partial charge is 0.493 e. The van der Waals surface area contributed by atoms with Crippen LogP contribution < -0.4 is 9.47 Å². The Kier molecular flexibility index (Phi) is 9.84. The van der Waals surface area contributed by atoms with E-state index in [1.807, 2.05) is 36.4 Å². The molecule has 0 aliphatic heterocycles. The van der Waals surface area contributed by atoms with Gasteiger partial charge in [-0.1, -0.05) is 36.4 Å². The van der Waals surface area contributed by atoms with Gasteiger partial charge in [0.2, 0.25) is 0 Å². The molecule has 1 atom stereocenters. The molecular formula is C24H30O7. The molecule has 0 spiro atoms. The van der Waals surface area contributed by atoms with E-state index in [0.29, 0.717) is 18.1 Å². The van der Waals surface area contributed by atoms with Crippen LogP contribution in [-0.4, -0.2) is 43.5 Å². The molecule has 1 unspecified atom stereocenters. The fourth-order valence-corrected chi connectivity index (χ4v) is 3.10. The van der Waals surface area contributed by atoms with Crippen molar-refractivity contribution < 1.29 is 33.6 Å². The first kappa shape index (κ1) is 24.2. The first-order valence-corrected chi connectivity index (χ1v) is 10.3. The lowest BCUT2D eigenvalue weighted by atomic mass is 9.97. The predicted molar refractivity (Wildman–Crippen MR) is 115 cm³/mol. The average molecular weight is 430 g/mol. The quantitative estimate of drug-likeness (QED) is 0.408. The first-order valence-electron chi connectivity index (χ1n) is 10.3. The maximum Gasteiger partial charge on any atom is 0.320 e. The molecule has 0 aromatic heterocycles. The Balaban J connectivity index is 2.03. The molecule has 7 heteroatoms. The van der Waals surface area contributed by atoms with Gasteiger partial charge in [-0.25, -0.2) is 0 Å². The molecule has 2 aromatic rings. The number of carbonyl (C=O) groups excluding carboxylic acids is 2. The van der Waals surface area contributed by atoms with Crippen LogP contribution in [0.4, 0.5) is 0 Å². The molecule has 0 saturated heterocycles. The molecule has 0 heterocycles. The fraction of sp³-hybridized carbons (Fsp3) is 0.417. The topological polar surface area (TPSA) is 91.3 Å². The minimum atomic E-state index is -1.16. The van der Waals surface area contributed by atoms with Crippen molar-refractivity contribution in [2.45, 2.75) is 39.4 Å². The number of ether oxygens (including phenoxy) is 4. The highest BCUT2D eigenvalue weighted by Gasteiger charge is 2.32. The number of hydrogen-bond acceptors (Lipinski definition) is 7. The van der Waals surface area contributed by atoms with Gasteiger partial charge in [-0.05, 0) is 49.9 Å². The van der Waals surface area contributed by atoms with Crippen LogP contribution in [0, 0.1) is 5.92 Å². The number of aliphatic hydroxyl groups is 1. The Hall–Kier alpha value is -3.06. The molecule has 1 N–H and O–H groups in total. The summed E-state index contributed by atoms with van der Waals surface area (Å²) < 4.78 is 21.2. The number of carbonyl (C=O) groups is 2. The lowest BCUT2D eigenvalue weighted by Gasteiger charge is -2.18. The Morgan fingerprint density at radius 2 is 1.55 bits per heavy atom. The van der Waals surface area contributed by atoms with E-state index in [9.17, 15) is 14.7 Å². The van der Waals surface area contributed by atoms with Crippen molar-refractivity contribution in [2.75, 3.05) is 20.3 Å². The van der Waals surface area contributed by atoms with Crippen molar-refractivity contribution >= 4 is 11.9 Å². The van der Waals surface area contributed by atoms with Crippen molar-refractivity contribution in [1.29, 1.82) is 0 Å². The lowest BCUT2D eigenvalue weighted by Crippen LogP contribution is -2.32. The fourth-order valence-electron chi connectivity index (χ4n) is 3.10. The molecule has 0 fully saturated rings. The van der Waals surface area contributed by atoms with Crippen molar-refractivity contribution in [3.63, 3.8) is 0 Å². The number of rotatable bonds is 12. The zero-order valence-corrected chi connectivity index (χ0v) is 18.2. The summed E-state index contributed by atoms with van der Waals surface area (Å²) in [6.07, 6.45) is -0.809. The van der Waals surface area contributed by atoms with Crippen LogP contribution in [0.2, 0.25) is 0 Å². The zero-order chi connectivity index (χ0) is 22.6. The number of methoxy groups -OCH3 is 1. The van der Waals surface area contributed by atoms with E-state index >= 15 is 0 Å². The molecule has 0 bridgehead atoms. The third-order valence-electron chi connectivity index (χ3n) is 4.59. The van der Waals surface area contributed by atoms with E-state index in [1.54, 1.807) is 33.1 Å². The molecule has 168 valence electrons. The zero-order valence-electron chi connectivity index (χ0n) is 18.2. The molecule has 31 heavy (non-hydrogen) atoms. The normalized spacial score (nSPS) is 11.6. The van der Waals surface area contributed by atoms with E-state index in [2.05, 4.69) is 0 Å². The predicted octanol–water partition coefficient (Wildman–Crippen LogP) is 3.31. The summed E-state index contributed by atoms with van der Waals surface area (Å²) in [6, 6.07) is 15.1. The van der Waals surface area contributed by atoms with Gasteiger partial charge in [0.1, 0.15) is 6.61 Å². The van der Waals surface area contributed by atoms with Crippen molar-refractivity contribution in [2.24, 2.45) is 5.92 Å². The molecule has 0 aliphatic carbocycles. The number of benzene rings is 2. The molecule has 0 radical (unpaired) electrons. The van der Waals surface area contributed by atoms with Gasteiger partial charge >= 0.3 is 11.9 Å². The highest BCUT2D eigenvalue weighted by atomic mass is 16.6. The molecule has 7 nitrogen and oxygen atoms in total. The minimum absolute atomic E-state index is 0.0910. The third kappa shape index (κ3) is 7.61. The van der Waals surface area contributed by atoms with Gasteiger partial charge in [-0.2, -0.15) is 0 Å². The standard InChI is InChI=1S/C24H30O7/c1-4-29-23(26)20(24(27)30-5-2)15-19(25)13-18-11-12-21(22(14-18)28-3)31-16-17-9-7-6-8-10-17/h6-12,14,19-20,25H,4-5,13,15-16H2,1-3H3. The summed E-state index contributed by atoms with van der Waals surface area (Å²) >= 11 is 0. The van der Waals surface area contributed by atoms with Crippen molar-refractivity contribution in [3.8, 4) is 11.5 Å². The van der Waals surface area contributed by atoms with Gasteiger partial charge < -0.3 is 24.1 Å². The van der Waals surface area contributed by atoms with E-state index in [0.717, 1.165) is 11.1 Å². The Morgan fingerprint density at radius 1 is 0.903 bits per heavy atom. The number of aliphatic hydroxyl groups excluding tert-OH is 1. The summed E-state index contributed by atoms with van der Waals surface area (Å²) in [5, 5.41) is 10.5. The third-order valence-corrected chi connectivity index (χ3v) is 4.59. The Labute approximate surface area is 182 Å². The van der Waals surface area contributed by atoms with Crippen LogP contribution >= 0.6 is 0 Å². The van der Waals surface area contributed by atoms with Crippen LogP contribution in [0.3, 0.4) is 0 Å². The second-order valence-electron chi connectivity index (χ2n) is 6.91. The maximum absolute atomic E-state index is 12.1. The van der Waals surface area contributed by atoms with E-state index in [1.165, 1.54) is 0 Å². The van der Waals surface area contributed by atoms with Gasteiger partial charge in [-0.15, -0.1) is 0 Å². The van der Waals surface area contributed by atoms with Crippen LogP contribution in [0.15, 0.2) is 48.5 Å². The SMILES string of the molecule is CCOC(=O)C(CC(O)Cc1ccc(OCc2ccccc2)c(OC)c1)C(=O)OCC. The van der Waals surface area contributed by atoms with E-state index in [-0.39, 0.29) is 26.1 Å². The van der Waals surface area contributed by atoms with Gasteiger partial charge in [-0.3, -0.25) is 9.59 Å². The van der Waals surface area contributed by atoms with Gasteiger partial charge in [0.15, 0.2) is 17.4 Å². The second kappa shape index (κ2) is 12.6. The van der Waals surface area contributed by atoms with E-state index in [4.69, 9.17) is 18.9 Å². The Bertz CT molecular complexity index is 817. The van der Waals surface area contributed by atoms with Gasteiger partial charge in [0.25, 0.3) is 0 Å². The molecule has 0 amide bonds. The van der Waals surface area contributed by atoms with Crippen LogP contribution in [-0.2, 0) is 32.1 Å². The number of hydrogen-bond donors (Lipinski definition) is 1. The summed E-state index contributed by atoms with van der Waals surface area (Å²) in [5.74, 6) is -1.43. The summed E-state index contributed by atoms with van der Waals surface area (Å²) in [6.45, 7) is 4.01. The molecule has 0 saturated carbocycles. The first-order chi connectivity index (χ1) is 15.0. The molecule has 2 aromatic carbocycles. The highest BCUT2D eigenvalue weighted by Crippen LogP contribution is 2.30. The van der Waals surface area contributed by atoms with Crippen LogP contribution in [0.25, 0.3) is 0 Å². The highest BCUT2D eigenvalue weighted by molar-refractivity contribution is 5.94. The maximum atomic E-state index is 12.1. The molecular weight excluding hydrogens is 400 g/mol. The summed E-state index contributed by atoms with van der Waals surface area (Å²) in [5.41, 5.74) is 1.82. The van der Waals surface area contributed by atoms with Crippen LogP contribution in [0.5, 0.6) is 11.5 Å². The van der Waals surface area contributed by atoms with Crippen LogP contribution in [0.1, 0.15) is 31.4 Å². The minimum Gasteiger partial charge on any atom is -0.493 e. The average Bonchev–Trinajstić information content (AvgIpc) is 2.77. The molecule has 0 aliphatic rings. The lowest BCUT2D eigenvalue weighted by molar-refractivity contribution is -0.163. The number of esters is 2. The Morgan fingerprint density at radius 3 is 2.13 bits per heavy atom. The molecule has 2 rings (SSSR count). The smallest absolute Gasteiger partial charge is 0.320 e. The summed E-state index contributed by atoms with van der Waals surface area (Å²) in [7, 11) is 1.54. The summed E-state index contributed by atoms with van der Waals surface area (Å²) in [4.78, 5) is 24.2. The van der Waals surface area contributed by atoms with Gasteiger partial charge in [0, 0.05) is 0 Å².